The van der Waals surface area contributed by atoms with Crippen LogP contribution in [0.25, 0.3) is 0 Å². The van der Waals surface area contributed by atoms with Gasteiger partial charge in [-0.15, -0.1) is 0 Å². The van der Waals surface area contributed by atoms with Crippen LogP contribution in [0.1, 0.15) is 5.56 Å². The predicted molar refractivity (Wildman–Crippen MR) is 79.0 cm³/mol. The zero-order chi connectivity index (χ0) is 14.7. The maximum atomic E-state index is 9.81. The molecule has 20 heavy (non-hydrogen) atoms. The van der Waals surface area contributed by atoms with Crippen LogP contribution in [0.2, 0.25) is 0 Å². The summed E-state index contributed by atoms with van der Waals surface area (Å²) in [5.41, 5.74) is 0.661. The Hall–Kier alpha value is -2.13. The number of phenolic OH excluding ortho intramolecular Hbond substituents is 1. The van der Waals surface area contributed by atoms with Crippen molar-refractivity contribution in [3.8, 4) is 17.2 Å². The van der Waals surface area contributed by atoms with Crippen molar-refractivity contribution in [3.63, 3.8) is 0 Å². The second-order valence-corrected chi connectivity index (χ2v) is 4.46. The van der Waals surface area contributed by atoms with Gasteiger partial charge in [0.1, 0.15) is 0 Å². The molecule has 106 valence electrons. The monoisotopic (exact) mass is 312 g/mol. The number of benzene rings is 1. The molecule has 0 radical (unpaired) electrons. The number of hydrogen-bond acceptors (Lipinski definition) is 6. The molecule has 9 heteroatoms. The average molecular weight is 312 g/mol. The Kier molecular flexibility index (Phi) is 4.20. The summed E-state index contributed by atoms with van der Waals surface area (Å²) in [6.07, 6.45) is 1.53. The van der Waals surface area contributed by atoms with Crippen LogP contribution < -0.4 is 9.47 Å². The van der Waals surface area contributed by atoms with E-state index in [9.17, 15) is 5.11 Å². The molecule has 0 aliphatic heterocycles. The number of nitrogens with one attached hydrogen (secondary N) is 2. The molecule has 1 heterocycles. The van der Waals surface area contributed by atoms with Gasteiger partial charge >= 0.3 is 0 Å². The van der Waals surface area contributed by atoms with Gasteiger partial charge in [-0.05, 0) is 36.6 Å². The molecule has 7 nitrogen and oxygen atoms in total. The number of nitrogens with zero attached hydrogens (tertiary/aromatic N) is 2. The van der Waals surface area contributed by atoms with Crippen molar-refractivity contribution in [3.05, 3.63) is 27.2 Å². The highest BCUT2D eigenvalue weighted by atomic mass is 32.1. The summed E-state index contributed by atoms with van der Waals surface area (Å²) in [4.78, 5) is 0. The van der Waals surface area contributed by atoms with E-state index in [0.29, 0.717) is 15.1 Å². The normalized spacial score (nSPS) is 10.9. The Labute approximate surface area is 124 Å². The smallest absolute Gasteiger partial charge is 0.215 e. The minimum absolute atomic E-state index is 0.0669. The van der Waals surface area contributed by atoms with Gasteiger partial charge in [0.15, 0.2) is 11.5 Å². The van der Waals surface area contributed by atoms with Gasteiger partial charge in [-0.3, -0.25) is 10.2 Å². The molecule has 2 rings (SSSR count). The van der Waals surface area contributed by atoms with Crippen LogP contribution in [0.5, 0.6) is 17.2 Å². The van der Waals surface area contributed by atoms with Gasteiger partial charge in [-0.1, -0.05) is 0 Å². The minimum atomic E-state index is -0.0669. The number of hydrogen-bond donors (Lipinski definition) is 3. The van der Waals surface area contributed by atoms with Gasteiger partial charge in [-0.2, -0.15) is 9.78 Å². The fraction of sp³-hybridized carbons (Fsp3) is 0.182. The molecule has 0 atom stereocenters. The number of H-pyrrole nitrogens is 2. The van der Waals surface area contributed by atoms with Crippen LogP contribution in [-0.2, 0) is 0 Å². The number of aromatic hydroxyl groups is 1. The summed E-state index contributed by atoms with van der Waals surface area (Å²) in [5, 5.41) is 19.3. The highest BCUT2D eigenvalue weighted by Gasteiger charge is 2.10. The Balaban J connectivity index is 2.44. The first kappa shape index (κ1) is 14.3. The molecule has 2 aromatic rings. The standard InChI is InChI=1S/C11H12N4O3S2/c1-17-7-3-6(4-8(18-2)9(7)16)5-12-15-10(19)13-14-11(15)20/h3-5,16H,1-2H3,(H,13,19)(H,14,20)/b12-5+. The van der Waals surface area contributed by atoms with Gasteiger partial charge < -0.3 is 14.6 Å². The number of rotatable bonds is 4. The molecular formula is C11H12N4O3S2. The fourth-order valence-electron chi connectivity index (χ4n) is 1.52. The van der Waals surface area contributed by atoms with Crippen LogP contribution in [0, 0.1) is 9.54 Å². The Morgan fingerprint density at radius 1 is 1.15 bits per heavy atom. The molecule has 0 saturated carbocycles. The van der Waals surface area contributed by atoms with Gasteiger partial charge in [0.05, 0.1) is 20.4 Å². The lowest BCUT2D eigenvalue weighted by atomic mass is 10.2. The van der Waals surface area contributed by atoms with E-state index in [-0.39, 0.29) is 17.2 Å². The SMILES string of the molecule is COc1cc(/C=N/n2c(=S)[nH][nH]c2=S)cc(OC)c1O. The molecular weight excluding hydrogens is 300 g/mol. The van der Waals surface area contributed by atoms with Crippen molar-refractivity contribution >= 4 is 30.7 Å². The van der Waals surface area contributed by atoms with Gasteiger partial charge in [-0.25, -0.2) is 0 Å². The van der Waals surface area contributed by atoms with Crippen LogP contribution in [0.15, 0.2) is 17.2 Å². The van der Waals surface area contributed by atoms with Crippen molar-refractivity contribution in [2.45, 2.75) is 0 Å². The number of aromatic nitrogens is 3. The van der Waals surface area contributed by atoms with Crippen molar-refractivity contribution in [1.82, 2.24) is 14.9 Å². The maximum Gasteiger partial charge on any atom is 0.215 e. The number of aromatic amines is 2. The van der Waals surface area contributed by atoms with Gasteiger partial charge in [0.2, 0.25) is 15.3 Å². The van der Waals surface area contributed by atoms with Crippen molar-refractivity contribution in [2.24, 2.45) is 5.10 Å². The summed E-state index contributed by atoms with van der Waals surface area (Å²) < 4.78 is 12.2. The zero-order valence-corrected chi connectivity index (χ0v) is 12.3. The van der Waals surface area contributed by atoms with Crippen LogP contribution in [0.3, 0.4) is 0 Å². The van der Waals surface area contributed by atoms with Crippen LogP contribution in [-0.4, -0.2) is 40.4 Å². The summed E-state index contributed by atoms with van der Waals surface area (Å²) in [6, 6.07) is 3.23. The quantitative estimate of drug-likeness (QED) is 0.595. The molecule has 0 unspecified atom stereocenters. The third kappa shape index (κ3) is 2.73. The zero-order valence-electron chi connectivity index (χ0n) is 10.7. The topological polar surface area (TPSA) is 87.6 Å². The summed E-state index contributed by atoms with van der Waals surface area (Å²) in [5.74, 6) is 0.505. The molecule has 1 aromatic carbocycles. The van der Waals surface area contributed by atoms with Gasteiger partial charge in [0.25, 0.3) is 0 Å². The van der Waals surface area contributed by atoms with E-state index in [2.05, 4.69) is 15.3 Å². The Bertz CT molecular complexity index is 707. The third-order valence-electron chi connectivity index (χ3n) is 2.49. The van der Waals surface area contributed by atoms with E-state index < -0.39 is 0 Å². The lowest BCUT2D eigenvalue weighted by Gasteiger charge is -2.09. The fourth-order valence-corrected chi connectivity index (χ4v) is 1.96. The van der Waals surface area contributed by atoms with E-state index in [1.807, 2.05) is 0 Å². The summed E-state index contributed by atoms with van der Waals surface area (Å²) in [7, 11) is 2.90. The van der Waals surface area contributed by atoms with Crippen molar-refractivity contribution in [2.75, 3.05) is 14.2 Å². The predicted octanol–water partition coefficient (Wildman–Crippen LogP) is 2.21. The lowest BCUT2D eigenvalue weighted by Crippen LogP contribution is -1.94. The van der Waals surface area contributed by atoms with Crippen molar-refractivity contribution in [1.29, 1.82) is 0 Å². The van der Waals surface area contributed by atoms with Gasteiger partial charge in [0, 0.05) is 5.56 Å². The van der Waals surface area contributed by atoms with Crippen LogP contribution in [0.4, 0.5) is 0 Å². The average Bonchev–Trinajstić information content (AvgIpc) is 2.77. The molecule has 0 saturated heterocycles. The molecule has 0 amide bonds. The molecule has 1 aromatic heterocycles. The molecule has 3 N–H and O–H groups in total. The number of ether oxygens (including phenoxy) is 2. The summed E-state index contributed by atoms with van der Waals surface area (Å²) in [6.45, 7) is 0. The molecule has 0 aliphatic carbocycles. The second-order valence-electron chi connectivity index (χ2n) is 3.69. The lowest BCUT2D eigenvalue weighted by molar-refractivity contribution is 0.340. The minimum Gasteiger partial charge on any atom is -0.502 e. The maximum absolute atomic E-state index is 9.81. The van der Waals surface area contributed by atoms with E-state index in [1.165, 1.54) is 25.1 Å². The van der Waals surface area contributed by atoms with E-state index in [0.717, 1.165) is 0 Å². The first-order valence-electron chi connectivity index (χ1n) is 5.46. The van der Waals surface area contributed by atoms with Crippen molar-refractivity contribution < 1.29 is 14.6 Å². The Morgan fingerprint density at radius 2 is 1.65 bits per heavy atom. The second kappa shape index (κ2) is 5.88. The van der Waals surface area contributed by atoms with E-state index >= 15 is 0 Å². The highest BCUT2D eigenvalue weighted by Crippen LogP contribution is 2.36. The third-order valence-corrected chi connectivity index (χ3v) is 3.04. The first-order chi connectivity index (χ1) is 9.56. The first-order valence-corrected chi connectivity index (χ1v) is 6.27. The molecule has 0 bridgehead atoms. The summed E-state index contributed by atoms with van der Waals surface area (Å²) >= 11 is 10.0. The van der Waals surface area contributed by atoms with E-state index in [4.69, 9.17) is 33.9 Å². The molecule has 0 fully saturated rings. The molecule has 0 aliphatic rings. The Morgan fingerprint density at radius 3 is 2.10 bits per heavy atom. The number of phenols is 1. The highest BCUT2D eigenvalue weighted by molar-refractivity contribution is 7.72. The van der Waals surface area contributed by atoms with E-state index in [1.54, 1.807) is 12.1 Å². The molecule has 0 spiro atoms. The van der Waals surface area contributed by atoms with Crippen LogP contribution >= 0.6 is 24.4 Å². The largest absolute Gasteiger partial charge is 0.502 e. The number of methoxy groups -OCH3 is 2.